The van der Waals surface area contributed by atoms with Crippen molar-refractivity contribution in [2.75, 3.05) is 20.1 Å². The van der Waals surface area contributed by atoms with Crippen LogP contribution in [0.2, 0.25) is 0 Å². The third-order valence-corrected chi connectivity index (χ3v) is 2.51. The van der Waals surface area contributed by atoms with Crippen LogP contribution in [0.1, 0.15) is 38.4 Å². The Kier molecular flexibility index (Phi) is 2.10. The predicted octanol–water partition coefficient (Wildman–Crippen LogP) is 1.40. The molecule has 78 valence electrons. The molecule has 14 heavy (non-hydrogen) atoms. The summed E-state index contributed by atoms with van der Waals surface area (Å²) in [5.74, 6) is 2.08. The molecule has 2 rings (SSSR count). The lowest BCUT2D eigenvalue weighted by molar-refractivity contribution is 0.180. The molecule has 0 aromatic carbocycles. The van der Waals surface area contributed by atoms with Gasteiger partial charge in [0.05, 0.1) is 0 Å². The average Bonchev–Trinajstić information content (AvgIpc) is 2.45. The van der Waals surface area contributed by atoms with E-state index in [-0.39, 0.29) is 5.41 Å². The summed E-state index contributed by atoms with van der Waals surface area (Å²) in [5.41, 5.74) is -0.0408. The van der Waals surface area contributed by atoms with Crippen LogP contribution in [0, 0.1) is 0 Å². The Morgan fingerprint density at radius 3 is 2.43 bits per heavy atom. The van der Waals surface area contributed by atoms with Crippen LogP contribution in [-0.4, -0.2) is 35.2 Å². The first kappa shape index (κ1) is 9.65. The number of hydrogen-bond donors (Lipinski definition) is 0. The molecule has 0 N–H and O–H groups in total. The van der Waals surface area contributed by atoms with E-state index in [0.717, 1.165) is 24.8 Å². The van der Waals surface area contributed by atoms with Crippen molar-refractivity contribution in [3.05, 3.63) is 11.7 Å². The van der Waals surface area contributed by atoms with Gasteiger partial charge >= 0.3 is 0 Å². The number of hydrogen-bond acceptors (Lipinski definition) is 4. The van der Waals surface area contributed by atoms with Crippen molar-refractivity contribution in [3.8, 4) is 0 Å². The molecule has 1 aliphatic heterocycles. The third-order valence-electron chi connectivity index (χ3n) is 2.51. The van der Waals surface area contributed by atoms with E-state index in [1.54, 1.807) is 0 Å². The van der Waals surface area contributed by atoms with E-state index in [0.29, 0.717) is 5.92 Å². The molecule has 0 bridgehead atoms. The Hall–Kier alpha value is -0.900. The minimum Gasteiger partial charge on any atom is -0.339 e. The summed E-state index contributed by atoms with van der Waals surface area (Å²) in [6.45, 7) is 8.33. The smallest absolute Gasteiger partial charge is 0.232 e. The summed E-state index contributed by atoms with van der Waals surface area (Å²) in [4.78, 5) is 6.68. The fraction of sp³-hybridized carbons (Fsp3) is 0.800. The average molecular weight is 195 g/mol. The van der Waals surface area contributed by atoms with Crippen LogP contribution in [0.25, 0.3) is 0 Å². The van der Waals surface area contributed by atoms with Gasteiger partial charge in [-0.2, -0.15) is 4.98 Å². The molecule has 4 heteroatoms. The van der Waals surface area contributed by atoms with Crippen LogP contribution in [0.4, 0.5) is 0 Å². The predicted molar refractivity (Wildman–Crippen MR) is 53.2 cm³/mol. The van der Waals surface area contributed by atoms with Crippen molar-refractivity contribution < 1.29 is 4.52 Å². The maximum absolute atomic E-state index is 5.24. The van der Waals surface area contributed by atoms with E-state index < -0.39 is 0 Å². The summed E-state index contributed by atoms with van der Waals surface area (Å²) in [5, 5.41) is 4.03. The molecular weight excluding hydrogens is 178 g/mol. The second kappa shape index (κ2) is 3.05. The molecule has 0 spiro atoms. The number of aromatic nitrogens is 2. The van der Waals surface area contributed by atoms with Gasteiger partial charge < -0.3 is 9.42 Å². The van der Waals surface area contributed by atoms with Gasteiger partial charge in [0, 0.05) is 24.4 Å². The fourth-order valence-corrected chi connectivity index (χ4v) is 1.57. The summed E-state index contributed by atoms with van der Waals surface area (Å²) >= 11 is 0. The zero-order valence-corrected chi connectivity index (χ0v) is 9.24. The van der Waals surface area contributed by atoms with Crippen LogP contribution < -0.4 is 0 Å². The summed E-state index contributed by atoms with van der Waals surface area (Å²) in [6, 6.07) is 0. The SMILES string of the molecule is CN1CC(c2noc(C(C)(C)C)n2)C1. The molecule has 2 heterocycles. The maximum Gasteiger partial charge on any atom is 0.232 e. The minimum atomic E-state index is -0.0408. The number of likely N-dealkylation sites (tertiary alicyclic amines) is 1. The van der Waals surface area contributed by atoms with Crippen LogP contribution in [0.5, 0.6) is 0 Å². The standard InChI is InChI=1S/C10H17N3O/c1-10(2,3)9-11-8(12-14-9)7-5-13(4)6-7/h7H,5-6H2,1-4H3. The molecule has 1 aromatic rings. The first-order valence-electron chi connectivity index (χ1n) is 4.99. The van der Waals surface area contributed by atoms with Gasteiger partial charge in [0.1, 0.15) is 0 Å². The normalized spacial score (nSPS) is 19.7. The first-order chi connectivity index (χ1) is 6.47. The minimum absolute atomic E-state index is 0.0408. The van der Waals surface area contributed by atoms with Crippen molar-refractivity contribution in [1.29, 1.82) is 0 Å². The quantitative estimate of drug-likeness (QED) is 0.679. The van der Waals surface area contributed by atoms with Gasteiger partial charge in [0.2, 0.25) is 5.89 Å². The number of rotatable bonds is 1. The molecule has 0 amide bonds. The molecule has 1 saturated heterocycles. The molecule has 0 atom stereocenters. The largest absolute Gasteiger partial charge is 0.339 e. The molecular formula is C10H17N3O. The Morgan fingerprint density at radius 2 is 2.00 bits per heavy atom. The Morgan fingerprint density at radius 1 is 1.36 bits per heavy atom. The van der Waals surface area contributed by atoms with E-state index in [9.17, 15) is 0 Å². The number of nitrogens with zero attached hydrogens (tertiary/aromatic N) is 3. The van der Waals surface area contributed by atoms with Crippen molar-refractivity contribution in [1.82, 2.24) is 15.0 Å². The lowest BCUT2D eigenvalue weighted by atomic mass is 9.96. The van der Waals surface area contributed by atoms with Gasteiger partial charge in [0.25, 0.3) is 0 Å². The topological polar surface area (TPSA) is 42.2 Å². The molecule has 0 aliphatic carbocycles. The van der Waals surface area contributed by atoms with E-state index in [1.807, 2.05) is 0 Å². The van der Waals surface area contributed by atoms with Gasteiger partial charge in [-0.25, -0.2) is 0 Å². The Labute approximate surface area is 84.3 Å². The molecule has 0 unspecified atom stereocenters. The fourth-order valence-electron chi connectivity index (χ4n) is 1.57. The molecule has 1 aliphatic rings. The molecule has 4 nitrogen and oxygen atoms in total. The van der Waals surface area contributed by atoms with Crippen LogP contribution in [0.15, 0.2) is 4.52 Å². The molecule has 1 aromatic heterocycles. The molecule has 1 fully saturated rings. The molecule has 0 radical (unpaired) electrons. The van der Waals surface area contributed by atoms with Crippen molar-refractivity contribution in [3.63, 3.8) is 0 Å². The third kappa shape index (κ3) is 1.66. The summed E-state index contributed by atoms with van der Waals surface area (Å²) in [6.07, 6.45) is 0. The second-order valence-corrected chi connectivity index (χ2v) is 5.13. The van der Waals surface area contributed by atoms with E-state index in [2.05, 4.69) is 42.9 Å². The Balaban J connectivity index is 2.11. The van der Waals surface area contributed by atoms with Crippen molar-refractivity contribution in [2.45, 2.75) is 32.1 Å². The lowest BCUT2D eigenvalue weighted by Gasteiger charge is -2.33. The first-order valence-corrected chi connectivity index (χ1v) is 4.99. The van der Waals surface area contributed by atoms with E-state index in [1.165, 1.54) is 0 Å². The van der Waals surface area contributed by atoms with Gasteiger partial charge in [-0.1, -0.05) is 25.9 Å². The van der Waals surface area contributed by atoms with Gasteiger partial charge in [-0.3, -0.25) is 0 Å². The number of likely N-dealkylation sites (N-methyl/N-ethyl adjacent to an activating group) is 1. The second-order valence-electron chi connectivity index (χ2n) is 5.13. The Bertz CT molecular complexity index is 320. The summed E-state index contributed by atoms with van der Waals surface area (Å²) in [7, 11) is 2.10. The highest BCUT2D eigenvalue weighted by molar-refractivity contribution is 5.06. The van der Waals surface area contributed by atoms with Gasteiger partial charge in [-0.15, -0.1) is 0 Å². The van der Waals surface area contributed by atoms with Gasteiger partial charge in [-0.05, 0) is 7.05 Å². The van der Waals surface area contributed by atoms with Crippen LogP contribution in [-0.2, 0) is 5.41 Å². The van der Waals surface area contributed by atoms with Crippen molar-refractivity contribution in [2.24, 2.45) is 0 Å². The zero-order chi connectivity index (χ0) is 10.3. The highest BCUT2D eigenvalue weighted by Gasteiger charge is 2.31. The maximum atomic E-state index is 5.24. The van der Waals surface area contributed by atoms with Gasteiger partial charge in [0.15, 0.2) is 5.82 Å². The van der Waals surface area contributed by atoms with Crippen LogP contribution >= 0.6 is 0 Å². The van der Waals surface area contributed by atoms with Crippen molar-refractivity contribution >= 4 is 0 Å². The zero-order valence-electron chi connectivity index (χ0n) is 9.24. The lowest BCUT2D eigenvalue weighted by Crippen LogP contribution is -2.42. The van der Waals surface area contributed by atoms with E-state index in [4.69, 9.17) is 4.52 Å². The highest BCUT2D eigenvalue weighted by atomic mass is 16.5. The highest BCUT2D eigenvalue weighted by Crippen LogP contribution is 2.26. The van der Waals surface area contributed by atoms with Crippen LogP contribution in [0.3, 0.4) is 0 Å². The molecule has 0 saturated carbocycles. The summed E-state index contributed by atoms with van der Waals surface area (Å²) < 4.78 is 5.24. The van der Waals surface area contributed by atoms with E-state index >= 15 is 0 Å². The monoisotopic (exact) mass is 195 g/mol.